The highest BCUT2D eigenvalue weighted by Gasteiger charge is 2.15. The van der Waals surface area contributed by atoms with Gasteiger partial charge in [0, 0.05) is 5.56 Å². The van der Waals surface area contributed by atoms with E-state index >= 15 is 0 Å². The summed E-state index contributed by atoms with van der Waals surface area (Å²) in [6, 6.07) is 10.2. The molecule has 0 amide bonds. The van der Waals surface area contributed by atoms with Crippen molar-refractivity contribution in [2.45, 2.75) is 6.92 Å². The number of ether oxygens (including phenoxy) is 1. The number of Topliss-reactive ketones (excluding diaryl/α,β-unsaturated/α-hetero) is 1. The zero-order valence-corrected chi connectivity index (χ0v) is 11.4. The molecule has 5 nitrogen and oxygen atoms in total. The quantitative estimate of drug-likeness (QED) is 0.666. The number of benzene rings is 2. The van der Waals surface area contributed by atoms with E-state index in [0.29, 0.717) is 5.56 Å². The monoisotopic (exact) mass is 286 g/mol. The first-order valence-corrected chi connectivity index (χ1v) is 6.26. The van der Waals surface area contributed by atoms with Gasteiger partial charge < -0.3 is 14.9 Å². The summed E-state index contributed by atoms with van der Waals surface area (Å²) < 4.78 is 4.90. The number of esters is 1. The van der Waals surface area contributed by atoms with Gasteiger partial charge in [-0.2, -0.15) is 0 Å². The summed E-state index contributed by atoms with van der Waals surface area (Å²) in [7, 11) is 0. The van der Waals surface area contributed by atoms with Crippen molar-refractivity contribution in [1.29, 1.82) is 0 Å². The van der Waals surface area contributed by atoms with Gasteiger partial charge in [-0.25, -0.2) is 4.79 Å². The molecule has 0 aliphatic carbocycles. The molecule has 0 heterocycles. The van der Waals surface area contributed by atoms with Crippen LogP contribution in [0.15, 0.2) is 42.5 Å². The molecule has 2 aromatic rings. The molecular weight excluding hydrogens is 272 g/mol. The lowest BCUT2D eigenvalue weighted by atomic mass is 10.1. The molecule has 2 rings (SSSR count). The summed E-state index contributed by atoms with van der Waals surface area (Å²) in [4.78, 5) is 23.7. The van der Waals surface area contributed by atoms with Gasteiger partial charge in [-0.1, -0.05) is 11.6 Å². The van der Waals surface area contributed by atoms with Crippen LogP contribution in [0.4, 0.5) is 0 Å². The Bertz CT molecular complexity index is 674. The van der Waals surface area contributed by atoms with E-state index in [4.69, 9.17) is 9.84 Å². The molecule has 2 aromatic carbocycles. The Kier molecular flexibility index (Phi) is 4.23. The van der Waals surface area contributed by atoms with Crippen LogP contribution in [0.1, 0.15) is 26.3 Å². The van der Waals surface area contributed by atoms with Gasteiger partial charge in [0.05, 0.1) is 0 Å². The van der Waals surface area contributed by atoms with E-state index in [0.717, 1.165) is 5.56 Å². The molecule has 21 heavy (non-hydrogen) atoms. The second-order valence-electron chi connectivity index (χ2n) is 4.57. The molecule has 2 N–H and O–H groups in total. The first-order chi connectivity index (χ1) is 9.97. The maximum absolute atomic E-state index is 11.8. The number of hydrogen-bond acceptors (Lipinski definition) is 5. The Hall–Kier alpha value is -2.82. The van der Waals surface area contributed by atoms with Crippen molar-refractivity contribution in [3.05, 3.63) is 59.2 Å². The number of rotatable bonds is 4. The van der Waals surface area contributed by atoms with E-state index in [9.17, 15) is 14.7 Å². The molecule has 0 atom stereocenters. The molecule has 0 saturated carbocycles. The lowest BCUT2D eigenvalue weighted by Gasteiger charge is -2.07. The molecule has 5 heteroatoms. The Balaban J connectivity index is 2.02. The van der Waals surface area contributed by atoms with Gasteiger partial charge in [-0.3, -0.25) is 4.79 Å². The highest BCUT2D eigenvalue weighted by atomic mass is 16.5. The highest BCUT2D eigenvalue weighted by molar-refractivity contribution is 6.00. The predicted octanol–water partition coefficient (Wildman–Crippen LogP) is 2.45. The van der Waals surface area contributed by atoms with Crippen molar-refractivity contribution in [2.75, 3.05) is 6.61 Å². The Morgan fingerprint density at radius 3 is 2.38 bits per heavy atom. The van der Waals surface area contributed by atoms with Crippen molar-refractivity contribution in [1.82, 2.24) is 0 Å². The summed E-state index contributed by atoms with van der Waals surface area (Å²) in [5.74, 6) is -1.30. The largest absolute Gasteiger partial charge is 0.508 e. The fourth-order valence-corrected chi connectivity index (χ4v) is 1.75. The van der Waals surface area contributed by atoms with E-state index in [-0.39, 0.29) is 17.1 Å². The Labute approximate surface area is 121 Å². The van der Waals surface area contributed by atoms with Crippen LogP contribution in [0, 0.1) is 6.92 Å². The van der Waals surface area contributed by atoms with Crippen LogP contribution in [0.3, 0.4) is 0 Å². The van der Waals surface area contributed by atoms with Crippen LogP contribution in [0.25, 0.3) is 0 Å². The fourth-order valence-electron chi connectivity index (χ4n) is 1.75. The smallest absolute Gasteiger partial charge is 0.342 e. The number of carbonyl (C=O) groups is 2. The van der Waals surface area contributed by atoms with Gasteiger partial charge in [-0.15, -0.1) is 0 Å². The predicted molar refractivity (Wildman–Crippen MR) is 75.6 cm³/mol. The van der Waals surface area contributed by atoms with Crippen molar-refractivity contribution in [2.24, 2.45) is 0 Å². The van der Waals surface area contributed by atoms with Crippen LogP contribution < -0.4 is 0 Å². The second kappa shape index (κ2) is 6.09. The summed E-state index contributed by atoms with van der Waals surface area (Å²) in [6.45, 7) is 1.34. The lowest BCUT2D eigenvalue weighted by Crippen LogP contribution is -2.14. The highest BCUT2D eigenvalue weighted by Crippen LogP contribution is 2.19. The maximum atomic E-state index is 11.8. The zero-order chi connectivity index (χ0) is 15.4. The van der Waals surface area contributed by atoms with E-state index in [2.05, 4.69) is 0 Å². The van der Waals surface area contributed by atoms with E-state index < -0.39 is 18.4 Å². The number of aromatic hydroxyl groups is 2. The number of ketones is 1. The van der Waals surface area contributed by atoms with E-state index in [1.165, 1.54) is 36.4 Å². The molecule has 108 valence electrons. The average molecular weight is 286 g/mol. The van der Waals surface area contributed by atoms with E-state index in [1.54, 1.807) is 13.0 Å². The van der Waals surface area contributed by atoms with Gasteiger partial charge in [0.25, 0.3) is 0 Å². The molecule has 0 bridgehead atoms. The second-order valence-corrected chi connectivity index (χ2v) is 4.57. The maximum Gasteiger partial charge on any atom is 0.342 e. The Morgan fingerprint density at radius 2 is 1.71 bits per heavy atom. The normalized spacial score (nSPS) is 10.1. The fraction of sp³-hybridized carbons (Fsp3) is 0.125. The standard InChI is InChI=1S/C16H14O5/c1-10-2-7-14(18)13(8-10)16(20)21-9-15(19)11-3-5-12(17)6-4-11/h2-8,17-18H,9H2,1H3. The molecule has 0 unspecified atom stereocenters. The summed E-state index contributed by atoms with van der Waals surface area (Å²) in [6.07, 6.45) is 0. The van der Waals surface area contributed by atoms with Crippen LogP contribution in [0.5, 0.6) is 11.5 Å². The summed E-state index contributed by atoms with van der Waals surface area (Å²) in [5, 5.41) is 18.7. The van der Waals surface area contributed by atoms with Gasteiger partial charge in [0.15, 0.2) is 12.4 Å². The first kappa shape index (κ1) is 14.6. The van der Waals surface area contributed by atoms with Gasteiger partial charge in [-0.05, 0) is 43.3 Å². The van der Waals surface area contributed by atoms with Crippen molar-refractivity contribution in [3.8, 4) is 11.5 Å². The molecule has 0 aliphatic heterocycles. The van der Waals surface area contributed by atoms with Gasteiger partial charge >= 0.3 is 5.97 Å². The minimum Gasteiger partial charge on any atom is -0.508 e. The van der Waals surface area contributed by atoms with Crippen LogP contribution >= 0.6 is 0 Å². The van der Waals surface area contributed by atoms with Crippen LogP contribution in [-0.2, 0) is 4.74 Å². The number of aryl methyl sites for hydroxylation is 1. The van der Waals surface area contributed by atoms with Crippen LogP contribution in [0.2, 0.25) is 0 Å². The van der Waals surface area contributed by atoms with Crippen molar-refractivity contribution < 1.29 is 24.5 Å². The minimum atomic E-state index is -0.761. The van der Waals surface area contributed by atoms with Gasteiger partial charge in [0.1, 0.15) is 17.1 Å². The number of phenols is 2. The summed E-state index contributed by atoms with van der Waals surface area (Å²) >= 11 is 0. The number of hydrogen-bond donors (Lipinski definition) is 2. The van der Waals surface area contributed by atoms with Crippen molar-refractivity contribution in [3.63, 3.8) is 0 Å². The summed E-state index contributed by atoms with van der Waals surface area (Å²) in [5.41, 5.74) is 1.15. The SMILES string of the molecule is Cc1ccc(O)c(C(=O)OCC(=O)c2ccc(O)cc2)c1. The number of phenolic OH excluding ortho intramolecular Hbond substituents is 2. The zero-order valence-electron chi connectivity index (χ0n) is 11.4. The molecule has 0 aromatic heterocycles. The average Bonchev–Trinajstić information content (AvgIpc) is 2.47. The number of carbonyl (C=O) groups excluding carboxylic acids is 2. The molecule has 0 fully saturated rings. The minimum absolute atomic E-state index is 0.0218. The van der Waals surface area contributed by atoms with Gasteiger partial charge in [0.2, 0.25) is 0 Å². The lowest BCUT2D eigenvalue weighted by molar-refractivity contribution is 0.0471. The molecule has 0 aliphatic rings. The molecule has 0 radical (unpaired) electrons. The topological polar surface area (TPSA) is 83.8 Å². The van der Waals surface area contributed by atoms with Crippen molar-refractivity contribution >= 4 is 11.8 Å². The van der Waals surface area contributed by atoms with Crippen LogP contribution in [-0.4, -0.2) is 28.6 Å². The molecule has 0 spiro atoms. The third kappa shape index (κ3) is 3.60. The molecular formula is C16H14O5. The Morgan fingerprint density at radius 1 is 1.05 bits per heavy atom. The van der Waals surface area contributed by atoms with E-state index in [1.807, 2.05) is 0 Å². The third-order valence-electron chi connectivity index (χ3n) is 2.90. The first-order valence-electron chi connectivity index (χ1n) is 6.26. The third-order valence-corrected chi connectivity index (χ3v) is 2.90. The molecule has 0 saturated heterocycles.